The number of fused-ring (bicyclic) bond motifs is 3. The van der Waals surface area contributed by atoms with Crippen molar-refractivity contribution in [1.29, 1.82) is 0 Å². The summed E-state index contributed by atoms with van der Waals surface area (Å²) in [5, 5.41) is 14.6. The smallest absolute Gasteiger partial charge is 0.407 e. The molecule has 2 aliphatic rings. The van der Waals surface area contributed by atoms with Gasteiger partial charge in [-0.25, -0.2) is 9.78 Å². The van der Waals surface area contributed by atoms with Crippen LogP contribution in [0, 0.1) is 5.41 Å². The van der Waals surface area contributed by atoms with Crippen LogP contribution < -0.4 is 10.6 Å². The second-order valence-corrected chi connectivity index (χ2v) is 9.02. The molecule has 0 radical (unpaired) electrons. The molecule has 0 saturated heterocycles. The number of aliphatic carboxylic acids is 1. The molecule has 9 nitrogen and oxygen atoms in total. The van der Waals surface area contributed by atoms with Gasteiger partial charge in [0.15, 0.2) is 0 Å². The lowest BCUT2D eigenvalue weighted by atomic mass is 9.98. The molecule has 3 aromatic rings. The number of carboxylic acids is 1. The van der Waals surface area contributed by atoms with Crippen molar-refractivity contribution in [3.63, 3.8) is 0 Å². The number of imidazole rings is 1. The number of ether oxygens (including phenoxy) is 1. The number of hydrogen-bond donors (Lipinski definition) is 3. The highest BCUT2D eigenvalue weighted by Crippen LogP contribution is 2.45. The van der Waals surface area contributed by atoms with Crippen molar-refractivity contribution < 1.29 is 24.2 Å². The minimum absolute atomic E-state index is 0.00114. The van der Waals surface area contributed by atoms with Gasteiger partial charge in [0, 0.05) is 31.7 Å². The molecule has 3 N–H and O–H groups in total. The molecule has 1 fully saturated rings. The third-order valence-electron chi connectivity index (χ3n) is 6.74. The fourth-order valence-corrected chi connectivity index (χ4v) is 4.49. The van der Waals surface area contributed by atoms with Crippen LogP contribution in [0.2, 0.25) is 0 Å². The van der Waals surface area contributed by atoms with Crippen LogP contribution >= 0.6 is 0 Å². The van der Waals surface area contributed by atoms with Gasteiger partial charge in [-0.15, -0.1) is 0 Å². The van der Waals surface area contributed by atoms with Crippen molar-refractivity contribution in [2.24, 2.45) is 5.41 Å². The molecule has 35 heavy (non-hydrogen) atoms. The Morgan fingerprint density at radius 2 is 1.69 bits per heavy atom. The molecule has 2 aromatic carbocycles. The lowest BCUT2D eigenvalue weighted by molar-refractivity contribution is -0.143. The van der Waals surface area contributed by atoms with E-state index in [-0.39, 0.29) is 24.8 Å². The maximum absolute atomic E-state index is 12.3. The zero-order chi connectivity index (χ0) is 24.4. The summed E-state index contributed by atoms with van der Waals surface area (Å²) in [6.45, 7) is 1.05. The summed E-state index contributed by atoms with van der Waals surface area (Å²) in [5.41, 5.74) is 4.03. The summed E-state index contributed by atoms with van der Waals surface area (Å²) in [7, 11) is 0. The number of carbonyl (C=O) groups excluding carboxylic acids is 2. The first kappa shape index (κ1) is 22.6. The van der Waals surface area contributed by atoms with E-state index in [1.165, 1.54) is 17.5 Å². The van der Waals surface area contributed by atoms with Gasteiger partial charge in [0.05, 0.1) is 11.7 Å². The molecule has 0 bridgehead atoms. The fourth-order valence-electron chi connectivity index (χ4n) is 4.49. The van der Waals surface area contributed by atoms with Crippen LogP contribution in [0.4, 0.5) is 4.79 Å². The Morgan fingerprint density at radius 3 is 2.31 bits per heavy atom. The van der Waals surface area contributed by atoms with E-state index >= 15 is 0 Å². The lowest BCUT2D eigenvalue weighted by Crippen LogP contribution is -2.34. The van der Waals surface area contributed by atoms with Gasteiger partial charge in [-0.3, -0.25) is 9.59 Å². The minimum Gasteiger partial charge on any atom is -0.481 e. The fraction of sp³-hybridized carbons (Fsp3) is 0.308. The van der Waals surface area contributed by atoms with E-state index in [2.05, 4.69) is 39.9 Å². The Balaban J connectivity index is 1.08. The van der Waals surface area contributed by atoms with E-state index < -0.39 is 23.4 Å². The third kappa shape index (κ3) is 4.62. The Morgan fingerprint density at radius 1 is 1.03 bits per heavy atom. The summed E-state index contributed by atoms with van der Waals surface area (Å²) in [5.74, 6) is -1.30. The standard InChI is InChI=1S/C26H26N4O5/c31-23(28-15-26(9-10-26)24(32)33)22-13-30(16-29-22)12-11-27-25(34)35-14-21-19-7-3-1-5-17(19)18-6-2-4-8-20(18)21/h1-8,13,16,21H,9-12,14-15H2,(H,27,34)(H,28,31)(H,32,33). The zero-order valence-electron chi connectivity index (χ0n) is 19.1. The normalized spacial score (nSPS) is 15.1. The molecule has 1 aromatic heterocycles. The van der Waals surface area contributed by atoms with Gasteiger partial charge in [0.2, 0.25) is 0 Å². The van der Waals surface area contributed by atoms with Crippen molar-refractivity contribution in [3.05, 3.63) is 77.9 Å². The quantitative estimate of drug-likeness (QED) is 0.438. The highest BCUT2D eigenvalue weighted by atomic mass is 16.5. The topological polar surface area (TPSA) is 123 Å². The van der Waals surface area contributed by atoms with E-state index in [0.29, 0.717) is 25.9 Å². The van der Waals surface area contributed by atoms with Gasteiger partial charge in [-0.05, 0) is 35.1 Å². The molecular weight excluding hydrogens is 448 g/mol. The van der Waals surface area contributed by atoms with Crippen molar-refractivity contribution in [3.8, 4) is 11.1 Å². The molecule has 1 heterocycles. The number of nitrogens with zero attached hydrogens (tertiary/aromatic N) is 2. The van der Waals surface area contributed by atoms with E-state index in [1.54, 1.807) is 10.8 Å². The first-order valence-corrected chi connectivity index (χ1v) is 11.6. The van der Waals surface area contributed by atoms with Crippen molar-refractivity contribution >= 4 is 18.0 Å². The minimum atomic E-state index is -0.886. The summed E-state index contributed by atoms with van der Waals surface area (Å²) >= 11 is 0. The molecule has 2 amide bonds. The summed E-state index contributed by atoms with van der Waals surface area (Å²) in [6, 6.07) is 16.3. The molecular formula is C26H26N4O5. The van der Waals surface area contributed by atoms with Gasteiger partial charge in [0.25, 0.3) is 5.91 Å². The highest BCUT2D eigenvalue weighted by molar-refractivity contribution is 5.92. The van der Waals surface area contributed by atoms with Crippen LogP contribution in [0.3, 0.4) is 0 Å². The van der Waals surface area contributed by atoms with Crippen molar-refractivity contribution in [1.82, 2.24) is 20.2 Å². The molecule has 0 atom stereocenters. The number of alkyl carbamates (subject to hydrolysis) is 1. The zero-order valence-corrected chi connectivity index (χ0v) is 19.1. The summed E-state index contributed by atoms with van der Waals surface area (Å²) in [6.07, 6.45) is 3.69. The summed E-state index contributed by atoms with van der Waals surface area (Å²) < 4.78 is 7.21. The van der Waals surface area contributed by atoms with Crippen molar-refractivity contribution in [2.45, 2.75) is 25.3 Å². The number of rotatable bonds is 9. The average molecular weight is 475 g/mol. The van der Waals surface area contributed by atoms with Gasteiger partial charge in [0.1, 0.15) is 12.3 Å². The Hall–Kier alpha value is -4.14. The number of aromatic nitrogens is 2. The Labute approximate surface area is 202 Å². The van der Waals surface area contributed by atoms with Gasteiger partial charge >= 0.3 is 12.1 Å². The predicted molar refractivity (Wildman–Crippen MR) is 127 cm³/mol. The second kappa shape index (κ2) is 9.25. The number of benzene rings is 2. The molecule has 180 valence electrons. The molecule has 1 saturated carbocycles. The van der Waals surface area contributed by atoms with E-state index in [1.807, 2.05) is 24.3 Å². The van der Waals surface area contributed by atoms with Crippen LogP contribution in [0.25, 0.3) is 11.1 Å². The SMILES string of the molecule is O=C(NCCn1cnc(C(=O)NCC2(C(=O)O)CC2)c1)OCC1c2ccccc2-c2ccccc21. The maximum atomic E-state index is 12.3. The molecule has 5 rings (SSSR count). The number of hydrogen-bond acceptors (Lipinski definition) is 5. The monoisotopic (exact) mass is 474 g/mol. The molecule has 2 aliphatic carbocycles. The van der Waals surface area contributed by atoms with Crippen LogP contribution in [-0.4, -0.2) is 52.3 Å². The molecule has 0 aliphatic heterocycles. The number of nitrogens with one attached hydrogen (secondary N) is 2. The largest absolute Gasteiger partial charge is 0.481 e. The Kier molecular flexibility index (Phi) is 5.98. The van der Waals surface area contributed by atoms with E-state index in [0.717, 1.165) is 11.1 Å². The molecule has 9 heteroatoms. The van der Waals surface area contributed by atoms with Gasteiger partial charge in [-0.2, -0.15) is 0 Å². The number of carboxylic acid groups (broad SMARTS) is 1. The molecule has 0 spiro atoms. The van der Waals surface area contributed by atoms with Crippen molar-refractivity contribution in [2.75, 3.05) is 19.7 Å². The second-order valence-electron chi connectivity index (χ2n) is 9.02. The van der Waals surface area contributed by atoms with E-state index in [4.69, 9.17) is 4.74 Å². The van der Waals surface area contributed by atoms with E-state index in [9.17, 15) is 19.5 Å². The Bertz CT molecular complexity index is 1230. The first-order valence-electron chi connectivity index (χ1n) is 11.6. The predicted octanol–water partition coefficient (Wildman–Crippen LogP) is 3.02. The van der Waals surface area contributed by atoms with Gasteiger partial charge < -0.3 is 25.0 Å². The first-order chi connectivity index (χ1) is 17.0. The average Bonchev–Trinajstić information content (AvgIpc) is 3.41. The van der Waals surface area contributed by atoms with Gasteiger partial charge in [-0.1, -0.05) is 48.5 Å². The molecule has 0 unspecified atom stereocenters. The number of amides is 2. The van der Waals surface area contributed by atoms with Crippen LogP contribution in [-0.2, 0) is 16.1 Å². The maximum Gasteiger partial charge on any atom is 0.407 e. The van der Waals surface area contributed by atoms with Crippen LogP contribution in [0.15, 0.2) is 61.1 Å². The number of carbonyl (C=O) groups is 3. The third-order valence-corrected chi connectivity index (χ3v) is 6.74. The lowest BCUT2D eigenvalue weighted by Gasteiger charge is -2.14. The van der Waals surface area contributed by atoms with Crippen LogP contribution in [0.1, 0.15) is 40.4 Å². The van der Waals surface area contributed by atoms with Crippen LogP contribution in [0.5, 0.6) is 0 Å². The summed E-state index contributed by atoms with van der Waals surface area (Å²) in [4.78, 5) is 39.8. The highest BCUT2D eigenvalue weighted by Gasteiger charge is 2.50.